The molecule has 3 heteroatoms. The predicted molar refractivity (Wildman–Crippen MR) is 71.2 cm³/mol. The SMILES string of the molecule is Nc1ccccc1CCNc1ccccc1O. The number of nitrogens with two attached hydrogens (primary N) is 1. The molecule has 0 aliphatic carbocycles. The quantitative estimate of drug-likeness (QED) is 0.557. The van der Waals surface area contributed by atoms with Gasteiger partial charge in [0.15, 0.2) is 0 Å². The summed E-state index contributed by atoms with van der Waals surface area (Å²) in [6.07, 6.45) is 0.834. The molecule has 0 amide bonds. The summed E-state index contributed by atoms with van der Waals surface area (Å²) in [6, 6.07) is 15.0. The molecule has 88 valence electrons. The highest BCUT2D eigenvalue weighted by atomic mass is 16.3. The van der Waals surface area contributed by atoms with Gasteiger partial charge >= 0.3 is 0 Å². The standard InChI is InChI=1S/C14H16N2O/c15-12-6-2-1-5-11(12)9-10-16-13-7-3-4-8-14(13)17/h1-8,16-17H,9-10,15H2. The first-order valence-electron chi connectivity index (χ1n) is 5.62. The summed E-state index contributed by atoms with van der Waals surface area (Å²) in [5.74, 6) is 0.272. The molecule has 2 rings (SSSR count). The van der Waals surface area contributed by atoms with Gasteiger partial charge in [-0.2, -0.15) is 0 Å². The summed E-state index contributed by atoms with van der Waals surface area (Å²) in [5.41, 5.74) is 8.54. The van der Waals surface area contributed by atoms with E-state index in [-0.39, 0.29) is 5.75 Å². The third-order valence-electron chi connectivity index (χ3n) is 2.67. The van der Waals surface area contributed by atoms with Gasteiger partial charge in [-0.05, 0) is 30.2 Å². The van der Waals surface area contributed by atoms with Gasteiger partial charge in [0.2, 0.25) is 0 Å². The smallest absolute Gasteiger partial charge is 0.138 e. The zero-order valence-corrected chi connectivity index (χ0v) is 9.56. The summed E-state index contributed by atoms with van der Waals surface area (Å²) < 4.78 is 0. The third kappa shape index (κ3) is 2.91. The Morgan fingerprint density at radius 1 is 1.00 bits per heavy atom. The lowest BCUT2D eigenvalue weighted by Crippen LogP contribution is -2.06. The van der Waals surface area contributed by atoms with E-state index in [2.05, 4.69) is 5.32 Å². The number of nitrogen functional groups attached to an aromatic ring is 1. The van der Waals surface area contributed by atoms with Gasteiger partial charge in [-0.1, -0.05) is 30.3 Å². The van der Waals surface area contributed by atoms with Gasteiger partial charge in [-0.3, -0.25) is 0 Å². The predicted octanol–water partition coefficient (Wildman–Crippen LogP) is 2.63. The number of hydrogen-bond acceptors (Lipinski definition) is 3. The number of anilines is 2. The first-order chi connectivity index (χ1) is 8.27. The van der Waals surface area contributed by atoms with E-state index in [0.29, 0.717) is 0 Å². The van der Waals surface area contributed by atoms with Crippen LogP contribution >= 0.6 is 0 Å². The third-order valence-corrected chi connectivity index (χ3v) is 2.67. The minimum atomic E-state index is 0.272. The monoisotopic (exact) mass is 228 g/mol. The van der Waals surface area contributed by atoms with Crippen molar-refractivity contribution in [2.75, 3.05) is 17.6 Å². The van der Waals surface area contributed by atoms with E-state index in [1.165, 1.54) is 0 Å². The molecule has 0 saturated heterocycles. The topological polar surface area (TPSA) is 58.3 Å². The molecule has 0 saturated carbocycles. The van der Waals surface area contributed by atoms with Gasteiger partial charge in [0, 0.05) is 12.2 Å². The Labute approximate surface area is 101 Å². The molecular weight excluding hydrogens is 212 g/mol. The fraction of sp³-hybridized carbons (Fsp3) is 0.143. The second-order valence-corrected chi connectivity index (χ2v) is 3.89. The Hall–Kier alpha value is -2.16. The molecule has 0 fully saturated rings. The molecule has 0 bridgehead atoms. The van der Waals surface area contributed by atoms with E-state index >= 15 is 0 Å². The molecular formula is C14H16N2O. The van der Waals surface area contributed by atoms with E-state index in [1.54, 1.807) is 12.1 Å². The molecule has 0 aromatic heterocycles. The van der Waals surface area contributed by atoms with Crippen molar-refractivity contribution in [3.8, 4) is 5.75 Å². The molecule has 0 atom stereocenters. The van der Waals surface area contributed by atoms with Crippen molar-refractivity contribution in [1.29, 1.82) is 0 Å². The number of nitrogens with one attached hydrogen (secondary N) is 1. The number of phenolic OH excluding ortho intramolecular Hbond substituents is 1. The lowest BCUT2D eigenvalue weighted by Gasteiger charge is -2.09. The summed E-state index contributed by atoms with van der Waals surface area (Å²) >= 11 is 0. The van der Waals surface area contributed by atoms with E-state index < -0.39 is 0 Å². The van der Waals surface area contributed by atoms with Crippen molar-refractivity contribution in [3.63, 3.8) is 0 Å². The number of aromatic hydroxyl groups is 1. The lowest BCUT2D eigenvalue weighted by atomic mass is 10.1. The molecule has 0 aliphatic rings. The Morgan fingerprint density at radius 2 is 1.71 bits per heavy atom. The Bertz CT molecular complexity index is 452. The van der Waals surface area contributed by atoms with Crippen LogP contribution in [-0.2, 0) is 6.42 Å². The number of phenols is 1. The maximum atomic E-state index is 9.58. The van der Waals surface area contributed by atoms with Gasteiger partial charge in [0.1, 0.15) is 5.75 Å². The fourth-order valence-corrected chi connectivity index (χ4v) is 1.72. The summed E-state index contributed by atoms with van der Waals surface area (Å²) in [5, 5.41) is 12.8. The van der Waals surface area contributed by atoms with Crippen LogP contribution in [0.25, 0.3) is 0 Å². The first-order valence-corrected chi connectivity index (χ1v) is 5.62. The van der Waals surface area contributed by atoms with Crippen LogP contribution in [0.15, 0.2) is 48.5 Å². The molecule has 3 nitrogen and oxygen atoms in total. The largest absolute Gasteiger partial charge is 0.506 e. The van der Waals surface area contributed by atoms with Crippen LogP contribution in [0.1, 0.15) is 5.56 Å². The van der Waals surface area contributed by atoms with Crippen LogP contribution in [0.5, 0.6) is 5.75 Å². The molecule has 0 spiro atoms. The highest BCUT2D eigenvalue weighted by Crippen LogP contribution is 2.21. The van der Waals surface area contributed by atoms with Crippen molar-refractivity contribution < 1.29 is 5.11 Å². The van der Waals surface area contributed by atoms with Crippen molar-refractivity contribution >= 4 is 11.4 Å². The van der Waals surface area contributed by atoms with Crippen LogP contribution in [0.3, 0.4) is 0 Å². The maximum Gasteiger partial charge on any atom is 0.138 e. The minimum absolute atomic E-state index is 0.272. The molecule has 0 radical (unpaired) electrons. The lowest BCUT2D eigenvalue weighted by molar-refractivity contribution is 0.477. The molecule has 0 unspecified atom stereocenters. The van der Waals surface area contributed by atoms with E-state index in [4.69, 9.17) is 5.73 Å². The highest BCUT2D eigenvalue weighted by molar-refractivity contribution is 5.55. The fourth-order valence-electron chi connectivity index (χ4n) is 1.72. The van der Waals surface area contributed by atoms with E-state index in [9.17, 15) is 5.11 Å². The average Bonchev–Trinajstić information content (AvgIpc) is 2.34. The van der Waals surface area contributed by atoms with E-state index in [0.717, 1.165) is 29.9 Å². The molecule has 2 aromatic carbocycles. The molecule has 4 N–H and O–H groups in total. The summed E-state index contributed by atoms with van der Waals surface area (Å²) in [6.45, 7) is 0.742. The average molecular weight is 228 g/mol. The van der Waals surface area contributed by atoms with Crippen LogP contribution in [0.2, 0.25) is 0 Å². The Kier molecular flexibility index (Phi) is 3.50. The van der Waals surface area contributed by atoms with Crippen LogP contribution in [0, 0.1) is 0 Å². The van der Waals surface area contributed by atoms with Gasteiger partial charge < -0.3 is 16.2 Å². The second kappa shape index (κ2) is 5.25. The van der Waals surface area contributed by atoms with Gasteiger partial charge in [-0.25, -0.2) is 0 Å². The van der Waals surface area contributed by atoms with E-state index in [1.807, 2.05) is 36.4 Å². The summed E-state index contributed by atoms with van der Waals surface area (Å²) in [7, 11) is 0. The van der Waals surface area contributed by atoms with Gasteiger partial charge in [0.25, 0.3) is 0 Å². The van der Waals surface area contributed by atoms with Crippen LogP contribution in [0.4, 0.5) is 11.4 Å². The van der Waals surface area contributed by atoms with Gasteiger partial charge in [-0.15, -0.1) is 0 Å². The Balaban J connectivity index is 1.93. The van der Waals surface area contributed by atoms with Crippen LogP contribution < -0.4 is 11.1 Å². The Morgan fingerprint density at radius 3 is 2.47 bits per heavy atom. The number of benzene rings is 2. The first kappa shape index (κ1) is 11.3. The van der Waals surface area contributed by atoms with Crippen molar-refractivity contribution in [2.45, 2.75) is 6.42 Å². The van der Waals surface area contributed by atoms with Crippen molar-refractivity contribution in [2.24, 2.45) is 0 Å². The molecule has 0 heterocycles. The minimum Gasteiger partial charge on any atom is -0.506 e. The van der Waals surface area contributed by atoms with Gasteiger partial charge in [0.05, 0.1) is 5.69 Å². The normalized spacial score (nSPS) is 10.1. The molecule has 17 heavy (non-hydrogen) atoms. The summed E-state index contributed by atoms with van der Waals surface area (Å²) in [4.78, 5) is 0. The number of hydrogen-bond donors (Lipinski definition) is 3. The van der Waals surface area contributed by atoms with Crippen molar-refractivity contribution in [1.82, 2.24) is 0 Å². The maximum absolute atomic E-state index is 9.58. The molecule has 0 aliphatic heterocycles. The second-order valence-electron chi connectivity index (χ2n) is 3.89. The number of rotatable bonds is 4. The zero-order valence-electron chi connectivity index (χ0n) is 9.56. The number of para-hydroxylation sites is 3. The van der Waals surface area contributed by atoms with Crippen molar-refractivity contribution in [3.05, 3.63) is 54.1 Å². The highest BCUT2D eigenvalue weighted by Gasteiger charge is 2.00. The van der Waals surface area contributed by atoms with Crippen LogP contribution in [-0.4, -0.2) is 11.7 Å². The molecule has 2 aromatic rings. The zero-order chi connectivity index (χ0) is 12.1.